The van der Waals surface area contributed by atoms with Crippen LogP contribution in [-0.2, 0) is 4.79 Å². The maximum atomic E-state index is 12.1. The minimum absolute atomic E-state index is 0.355. The van der Waals surface area contributed by atoms with Crippen LogP contribution >= 0.6 is 0 Å². The summed E-state index contributed by atoms with van der Waals surface area (Å²) in [5.74, 6) is 2.56. The molecule has 2 rings (SSSR count). The second-order valence-corrected chi connectivity index (χ2v) is 5.84. The van der Waals surface area contributed by atoms with Gasteiger partial charge in [0.05, 0.1) is 0 Å². The molecule has 0 saturated heterocycles. The third-order valence-electron chi connectivity index (χ3n) is 4.07. The molecule has 1 amide bonds. The van der Waals surface area contributed by atoms with Gasteiger partial charge in [0, 0.05) is 19.5 Å². The lowest BCUT2D eigenvalue weighted by Gasteiger charge is -2.22. The summed E-state index contributed by atoms with van der Waals surface area (Å²) in [6.45, 7) is 1.97. The van der Waals surface area contributed by atoms with E-state index in [9.17, 15) is 4.79 Å². The summed E-state index contributed by atoms with van der Waals surface area (Å²) in [5, 5.41) is 0. The van der Waals surface area contributed by atoms with Crippen LogP contribution in [0.3, 0.4) is 0 Å². The van der Waals surface area contributed by atoms with Crippen LogP contribution in [0, 0.1) is 17.8 Å². The second-order valence-electron chi connectivity index (χ2n) is 5.84. The van der Waals surface area contributed by atoms with Crippen LogP contribution in [-0.4, -0.2) is 49.9 Å². The van der Waals surface area contributed by atoms with E-state index in [-0.39, 0.29) is 0 Å². The molecule has 92 valence electrons. The number of carbonyl (C=O) groups is 1. The van der Waals surface area contributed by atoms with Crippen molar-refractivity contribution in [2.75, 3.05) is 34.2 Å². The van der Waals surface area contributed by atoms with Crippen molar-refractivity contribution < 1.29 is 4.79 Å². The highest BCUT2D eigenvalue weighted by molar-refractivity contribution is 5.79. The fourth-order valence-corrected chi connectivity index (χ4v) is 2.96. The van der Waals surface area contributed by atoms with Gasteiger partial charge in [-0.3, -0.25) is 4.79 Å². The van der Waals surface area contributed by atoms with Gasteiger partial charge in [-0.05, 0) is 58.2 Å². The summed E-state index contributed by atoms with van der Waals surface area (Å²) in [4.78, 5) is 16.2. The zero-order valence-corrected chi connectivity index (χ0v) is 10.8. The molecule has 0 bridgehead atoms. The minimum Gasteiger partial charge on any atom is -0.345 e. The summed E-state index contributed by atoms with van der Waals surface area (Å²) < 4.78 is 0. The average Bonchev–Trinajstić information content (AvgIpc) is 2.84. The Hall–Kier alpha value is -0.570. The smallest absolute Gasteiger partial charge is 0.225 e. The third kappa shape index (κ3) is 2.76. The van der Waals surface area contributed by atoms with E-state index in [1.807, 2.05) is 11.9 Å². The van der Waals surface area contributed by atoms with Crippen molar-refractivity contribution in [3.8, 4) is 0 Å². The molecule has 2 aliphatic carbocycles. The summed E-state index contributed by atoms with van der Waals surface area (Å²) in [7, 11) is 6.11. The highest BCUT2D eigenvalue weighted by Crippen LogP contribution is 2.54. The van der Waals surface area contributed by atoms with Gasteiger partial charge >= 0.3 is 0 Å². The number of carbonyl (C=O) groups excluding carboxylic acids is 1. The van der Waals surface area contributed by atoms with E-state index in [2.05, 4.69) is 19.0 Å². The van der Waals surface area contributed by atoms with E-state index in [0.29, 0.717) is 11.8 Å². The Morgan fingerprint density at radius 2 is 1.69 bits per heavy atom. The van der Waals surface area contributed by atoms with Gasteiger partial charge in [-0.1, -0.05) is 0 Å². The van der Waals surface area contributed by atoms with Crippen LogP contribution in [0.4, 0.5) is 0 Å². The molecular weight excluding hydrogens is 200 g/mol. The predicted octanol–water partition coefficient (Wildman–Crippen LogP) is 1.44. The Morgan fingerprint density at radius 1 is 1.06 bits per heavy atom. The first kappa shape index (κ1) is 11.9. The maximum Gasteiger partial charge on any atom is 0.225 e. The molecule has 2 aliphatic rings. The molecular formula is C13H24N2O. The van der Waals surface area contributed by atoms with E-state index >= 15 is 0 Å². The fraction of sp³-hybridized carbons (Fsp3) is 0.923. The molecule has 2 fully saturated rings. The number of amides is 1. The first-order valence-corrected chi connectivity index (χ1v) is 6.47. The molecule has 3 heteroatoms. The molecule has 0 aromatic rings. The molecule has 0 aromatic heterocycles. The molecule has 0 aromatic carbocycles. The molecule has 2 unspecified atom stereocenters. The monoisotopic (exact) mass is 224 g/mol. The van der Waals surface area contributed by atoms with Crippen molar-refractivity contribution in [1.29, 1.82) is 0 Å². The van der Waals surface area contributed by atoms with Crippen molar-refractivity contribution in [1.82, 2.24) is 9.80 Å². The minimum atomic E-state index is 0.355. The SMILES string of the molecule is CN(C)CCCN(C)C(=O)C1CC2CC2C1. The largest absolute Gasteiger partial charge is 0.345 e. The topological polar surface area (TPSA) is 23.6 Å². The van der Waals surface area contributed by atoms with Gasteiger partial charge in [0.25, 0.3) is 0 Å². The van der Waals surface area contributed by atoms with E-state index in [4.69, 9.17) is 0 Å². The van der Waals surface area contributed by atoms with Gasteiger partial charge < -0.3 is 9.80 Å². The zero-order chi connectivity index (χ0) is 11.7. The molecule has 0 N–H and O–H groups in total. The lowest BCUT2D eigenvalue weighted by atomic mass is 10.0. The van der Waals surface area contributed by atoms with Crippen LogP contribution in [0.25, 0.3) is 0 Å². The Labute approximate surface area is 98.8 Å². The van der Waals surface area contributed by atoms with E-state index < -0.39 is 0 Å². The zero-order valence-electron chi connectivity index (χ0n) is 10.8. The number of nitrogens with zero attached hydrogens (tertiary/aromatic N) is 2. The van der Waals surface area contributed by atoms with Gasteiger partial charge in [-0.2, -0.15) is 0 Å². The van der Waals surface area contributed by atoms with Crippen molar-refractivity contribution in [2.45, 2.75) is 25.7 Å². The van der Waals surface area contributed by atoms with Crippen molar-refractivity contribution in [3.63, 3.8) is 0 Å². The lowest BCUT2D eigenvalue weighted by Crippen LogP contribution is -2.34. The van der Waals surface area contributed by atoms with E-state index in [1.165, 1.54) is 19.3 Å². The second kappa shape index (κ2) is 4.74. The first-order chi connectivity index (χ1) is 7.58. The van der Waals surface area contributed by atoms with Crippen LogP contribution < -0.4 is 0 Å². The van der Waals surface area contributed by atoms with Crippen LogP contribution in [0.5, 0.6) is 0 Å². The molecule has 0 aliphatic heterocycles. The first-order valence-electron chi connectivity index (χ1n) is 6.47. The number of hydrogen-bond acceptors (Lipinski definition) is 2. The number of rotatable bonds is 5. The molecule has 0 heterocycles. The number of hydrogen-bond donors (Lipinski definition) is 0. The van der Waals surface area contributed by atoms with Gasteiger partial charge in [0.15, 0.2) is 0 Å². The Balaban J connectivity index is 1.68. The Kier molecular flexibility index (Phi) is 3.53. The summed E-state index contributed by atoms with van der Waals surface area (Å²) in [6, 6.07) is 0. The summed E-state index contributed by atoms with van der Waals surface area (Å²) >= 11 is 0. The molecule has 2 saturated carbocycles. The van der Waals surface area contributed by atoms with E-state index in [0.717, 1.165) is 31.3 Å². The molecule has 16 heavy (non-hydrogen) atoms. The predicted molar refractivity (Wildman–Crippen MR) is 65.1 cm³/mol. The van der Waals surface area contributed by atoms with Crippen molar-refractivity contribution >= 4 is 5.91 Å². The summed E-state index contributed by atoms with van der Waals surface area (Å²) in [6.07, 6.45) is 4.81. The molecule has 0 spiro atoms. The maximum absolute atomic E-state index is 12.1. The molecule has 2 atom stereocenters. The van der Waals surface area contributed by atoms with Crippen LogP contribution in [0.2, 0.25) is 0 Å². The van der Waals surface area contributed by atoms with Gasteiger partial charge in [-0.15, -0.1) is 0 Å². The number of fused-ring (bicyclic) bond motifs is 1. The van der Waals surface area contributed by atoms with Crippen LogP contribution in [0.15, 0.2) is 0 Å². The van der Waals surface area contributed by atoms with Gasteiger partial charge in [0.1, 0.15) is 0 Å². The highest BCUT2D eigenvalue weighted by Gasteiger charge is 2.48. The lowest BCUT2D eigenvalue weighted by molar-refractivity contribution is -0.134. The highest BCUT2D eigenvalue weighted by atomic mass is 16.2. The third-order valence-corrected chi connectivity index (χ3v) is 4.07. The molecule has 0 radical (unpaired) electrons. The summed E-state index contributed by atoms with van der Waals surface area (Å²) in [5.41, 5.74) is 0. The normalized spacial score (nSPS) is 31.6. The average molecular weight is 224 g/mol. The van der Waals surface area contributed by atoms with Crippen molar-refractivity contribution in [2.24, 2.45) is 17.8 Å². The van der Waals surface area contributed by atoms with Gasteiger partial charge in [-0.25, -0.2) is 0 Å². The van der Waals surface area contributed by atoms with Crippen molar-refractivity contribution in [3.05, 3.63) is 0 Å². The standard InChI is InChI=1S/C13H24N2O/c1-14(2)5-4-6-15(3)13(16)12-8-10-7-11(10)9-12/h10-12H,4-9H2,1-3H3. The Morgan fingerprint density at radius 3 is 2.25 bits per heavy atom. The molecule has 3 nitrogen and oxygen atoms in total. The van der Waals surface area contributed by atoms with Crippen LogP contribution in [0.1, 0.15) is 25.7 Å². The van der Waals surface area contributed by atoms with E-state index in [1.54, 1.807) is 0 Å². The van der Waals surface area contributed by atoms with Gasteiger partial charge in [0.2, 0.25) is 5.91 Å². The quantitative estimate of drug-likeness (QED) is 0.705. The fourth-order valence-electron chi connectivity index (χ4n) is 2.96. The Bertz CT molecular complexity index is 255.